The van der Waals surface area contributed by atoms with Crippen molar-refractivity contribution >= 4 is 5.91 Å². The molecule has 0 unspecified atom stereocenters. The molecule has 0 aliphatic carbocycles. The molecule has 0 radical (unpaired) electrons. The van der Waals surface area contributed by atoms with E-state index in [1.165, 1.54) is 13.1 Å². The van der Waals surface area contributed by atoms with Crippen LogP contribution >= 0.6 is 0 Å². The first-order valence-electron chi connectivity index (χ1n) is 4.19. The van der Waals surface area contributed by atoms with Crippen LogP contribution < -0.4 is 5.32 Å². The number of benzene rings is 1. The summed E-state index contributed by atoms with van der Waals surface area (Å²) in [4.78, 5) is 11.2. The summed E-state index contributed by atoms with van der Waals surface area (Å²) >= 11 is 0. The Kier molecular flexibility index (Phi) is 3.01. The molecule has 0 aliphatic rings. The molecule has 0 spiro atoms. The fraction of sp³-hybridized carbons (Fsp3) is 0.300. The molecule has 1 aromatic carbocycles. The van der Waals surface area contributed by atoms with Gasteiger partial charge in [-0.3, -0.25) is 4.79 Å². The standard InChI is InChI=1S/C10H12FNO/c1-3-7-4-5-9(11)8(6-7)10(13)12-2/h4-6H,3H2,1-2H3,(H,12,13). The molecule has 1 N–H and O–H groups in total. The Hall–Kier alpha value is -1.38. The van der Waals surface area contributed by atoms with Crippen LogP contribution in [0.3, 0.4) is 0 Å². The number of nitrogens with one attached hydrogen (secondary N) is 1. The maximum Gasteiger partial charge on any atom is 0.254 e. The van der Waals surface area contributed by atoms with Crippen LogP contribution in [-0.4, -0.2) is 13.0 Å². The highest BCUT2D eigenvalue weighted by Crippen LogP contribution is 2.10. The van der Waals surface area contributed by atoms with Crippen LogP contribution in [0.15, 0.2) is 18.2 Å². The zero-order valence-corrected chi connectivity index (χ0v) is 7.73. The molecule has 13 heavy (non-hydrogen) atoms. The van der Waals surface area contributed by atoms with Gasteiger partial charge < -0.3 is 5.32 Å². The van der Waals surface area contributed by atoms with Crippen molar-refractivity contribution < 1.29 is 9.18 Å². The Labute approximate surface area is 76.8 Å². The fourth-order valence-corrected chi connectivity index (χ4v) is 1.10. The van der Waals surface area contributed by atoms with Crippen LogP contribution in [0.4, 0.5) is 4.39 Å². The maximum absolute atomic E-state index is 13.1. The van der Waals surface area contributed by atoms with Crippen molar-refractivity contribution in [3.8, 4) is 0 Å². The number of hydrogen-bond donors (Lipinski definition) is 1. The van der Waals surface area contributed by atoms with Gasteiger partial charge in [-0.15, -0.1) is 0 Å². The topological polar surface area (TPSA) is 29.1 Å². The van der Waals surface area contributed by atoms with E-state index in [4.69, 9.17) is 0 Å². The van der Waals surface area contributed by atoms with E-state index < -0.39 is 5.82 Å². The SMILES string of the molecule is CCc1ccc(F)c(C(=O)NC)c1. The van der Waals surface area contributed by atoms with Crippen LogP contribution in [0, 0.1) is 5.82 Å². The van der Waals surface area contributed by atoms with Crippen molar-refractivity contribution in [1.29, 1.82) is 0 Å². The molecule has 0 saturated carbocycles. The highest BCUT2D eigenvalue weighted by molar-refractivity contribution is 5.94. The van der Waals surface area contributed by atoms with Gasteiger partial charge in [-0.05, 0) is 24.1 Å². The minimum atomic E-state index is -0.475. The van der Waals surface area contributed by atoms with E-state index in [1.54, 1.807) is 12.1 Å². The third-order valence-corrected chi connectivity index (χ3v) is 1.91. The van der Waals surface area contributed by atoms with Gasteiger partial charge in [-0.2, -0.15) is 0 Å². The summed E-state index contributed by atoms with van der Waals surface area (Å²) in [5, 5.41) is 2.39. The highest BCUT2D eigenvalue weighted by Gasteiger charge is 2.09. The Morgan fingerprint density at radius 2 is 2.23 bits per heavy atom. The molecule has 0 heterocycles. The van der Waals surface area contributed by atoms with Crippen molar-refractivity contribution in [2.24, 2.45) is 0 Å². The number of hydrogen-bond acceptors (Lipinski definition) is 1. The maximum atomic E-state index is 13.1. The molecule has 0 aromatic heterocycles. The molecule has 3 heteroatoms. The van der Waals surface area contributed by atoms with Gasteiger partial charge in [0.15, 0.2) is 0 Å². The molecule has 0 aliphatic heterocycles. The zero-order chi connectivity index (χ0) is 9.84. The van der Waals surface area contributed by atoms with Crippen molar-refractivity contribution in [2.45, 2.75) is 13.3 Å². The summed E-state index contributed by atoms with van der Waals surface area (Å²) in [6.45, 7) is 1.96. The lowest BCUT2D eigenvalue weighted by molar-refractivity contribution is 0.0959. The molecule has 1 amide bonds. The van der Waals surface area contributed by atoms with Crippen LogP contribution in [0.1, 0.15) is 22.8 Å². The second kappa shape index (κ2) is 4.03. The first kappa shape index (κ1) is 9.71. The first-order valence-corrected chi connectivity index (χ1v) is 4.19. The summed E-state index contributed by atoms with van der Waals surface area (Å²) in [6.07, 6.45) is 0.796. The van der Waals surface area contributed by atoms with Crippen molar-refractivity contribution in [3.05, 3.63) is 35.1 Å². The quantitative estimate of drug-likeness (QED) is 0.739. The number of aryl methyl sites for hydroxylation is 1. The van der Waals surface area contributed by atoms with Crippen molar-refractivity contribution in [1.82, 2.24) is 5.32 Å². The monoisotopic (exact) mass is 181 g/mol. The van der Waals surface area contributed by atoms with E-state index in [-0.39, 0.29) is 11.5 Å². The van der Waals surface area contributed by atoms with Crippen LogP contribution in [0.25, 0.3) is 0 Å². The molecular formula is C10H12FNO. The Balaban J connectivity index is 3.11. The van der Waals surface area contributed by atoms with Gasteiger partial charge in [0.1, 0.15) is 5.82 Å². The smallest absolute Gasteiger partial charge is 0.254 e. The van der Waals surface area contributed by atoms with Gasteiger partial charge >= 0.3 is 0 Å². The van der Waals surface area contributed by atoms with E-state index in [2.05, 4.69) is 5.32 Å². The van der Waals surface area contributed by atoms with Gasteiger partial charge in [0, 0.05) is 7.05 Å². The molecule has 0 saturated heterocycles. The van der Waals surface area contributed by atoms with Crippen LogP contribution in [0.5, 0.6) is 0 Å². The van der Waals surface area contributed by atoms with Gasteiger partial charge in [-0.1, -0.05) is 13.0 Å². The zero-order valence-electron chi connectivity index (χ0n) is 7.73. The summed E-state index contributed by atoms with van der Waals surface area (Å²) in [5.41, 5.74) is 1.07. The number of carbonyl (C=O) groups excluding carboxylic acids is 1. The second-order valence-electron chi connectivity index (χ2n) is 2.75. The summed E-state index contributed by atoms with van der Waals surface area (Å²) in [6, 6.07) is 4.58. The van der Waals surface area contributed by atoms with Gasteiger partial charge in [0.25, 0.3) is 5.91 Å². The number of carbonyl (C=O) groups is 1. The molecule has 0 fully saturated rings. The third kappa shape index (κ3) is 2.05. The lowest BCUT2D eigenvalue weighted by Crippen LogP contribution is -2.19. The van der Waals surface area contributed by atoms with Crippen LogP contribution in [-0.2, 0) is 6.42 Å². The summed E-state index contributed by atoms with van der Waals surface area (Å²) in [5.74, 6) is -0.857. The Morgan fingerprint density at radius 1 is 1.54 bits per heavy atom. The predicted molar refractivity (Wildman–Crippen MR) is 49.2 cm³/mol. The number of halogens is 1. The molecule has 0 atom stereocenters. The van der Waals surface area contributed by atoms with Crippen LogP contribution in [0.2, 0.25) is 0 Å². The van der Waals surface area contributed by atoms with E-state index in [0.717, 1.165) is 12.0 Å². The minimum Gasteiger partial charge on any atom is -0.355 e. The molecule has 70 valence electrons. The lowest BCUT2D eigenvalue weighted by atomic mass is 10.1. The average molecular weight is 181 g/mol. The molecule has 2 nitrogen and oxygen atoms in total. The second-order valence-corrected chi connectivity index (χ2v) is 2.75. The molecular weight excluding hydrogens is 169 g/mol. The summed E-state index contributed by atoms with van der Waals surface area (Å²) < 4.78 is 13.1. The van der Waals surface area contributed by atoms with Crippen molar-refractivity contribution in [3.63, 3.8) is 0 Å². The highest BCUT2D eigenvalue weighted by atomic mass is 19.1. The van der Waals surface area contributed by atoms with E-state index in [1.807, 2.05) is 6.92 Å². The molecule has 1 rings (SSSR count). The predicted octanol–water partition coefficient (Wildman–Crippen LogP) is 1.75. The molecule has 1 aromatic rings. The Bertz CT molecular complexity index is 323. The van der Waals surface area contributed by atoms with E-state index in [0.29, 0.717) is 0 Å². The normalized spacial score (nSPS) is 9.77. The third-order valence-electron chi connectivity index (χ3n) is 1.91. The lowest BCUT2D eigenvalue weighted by Gasteiger charge is -2.03. The molecule has 0 bridgehead atoms. The fourth-order valence-electron chi connectivity index (χ4n) is 1.10. The Morgan fingerprint density at radius 3 is 2.77 bits per heavy atom. The van der Waals surface area contributed by atoms with Gasteiger partial charge in [0.2, 0.25) is 0 Å². The van der Waals surface area contributed by atoms with E-state index in [9.17, 15) is 9.18 Å². The average Bonchev–Trinajstić information content (AvgIpc) is 2.17. The number of amides is 1. The first-order chi connectivity index (χ1) is 6.19. The van der Waals surface area contributed by atoms with E-state index >= 15 is 0 Å². The van der Waals surface area contributed by atoms with Crippen molar-refractivity contribution in [2.75, 3.05) is 7.05 Å². The number of rotatable bonds is 2. The summed E-state index contributed by atoms with van der Waals surface area (Å²) in [7, 11) is 1.49. The van der Waals surface area contributed by atoms with Gasteiger partial charge in [-0.25, -0.2) is 4.39 Å². The minimum absolute atomic E-state index is 0.113. The largest absolute Gasteiger partial charge is 0.355 e. The van der Waals surface area contributed by atoms with Gasteiger partial charge in [0.05, 0.1) is 5.56 Å².